The van der Waals surface area contributed by atoms with Crippen molar-refractivity contribution in [1.82, 2.24) is 30.2 Å². The molecule has 1 N–H and O–H groups in total. The number of nitrogens with one attached hydrogen (secondary N) is 1. The van der Waals surface area contributed by atoms with Crippen LogP contribution in [0, 0.1) is 0 Å². The molecule has 31 heavy (non-hydrogen) atoms. The number of benzene rings is 2. The number of nitrogens with zero attached hydrogens (tertiary/aromatic N) is 5. The van der Waals surface area contributed by atoms with Gasteiger partial charge in [0.25, 0.3) is 0 Å². The smallest absolute Gasteiger partial charge is 0.205 e. The van der Waals surface area contributed by atoms with Crippen LogP contribution in [0.1, 0.15) is 37.6 Å². The molecule has 0 aliphatic heterocycles. The second kappa shape index (κ2) is 8.81. The minimum Gasteiger partial charge on any atom is -0.323 e. The van der Waals surface area contributed by atoms with Gasteiger partial charge in [-0.2, -0.15) is 5.21 Å². The zero-order valence-electron chi connectivity index (χ0n) is 17.5. The average molecular weight is 429 g/mol. The highest BCUT2D eigenvalue weighted by molar-refractivity contribution is 7.09. The third kappa shape index (κ3) is 4.01. The maximum Gasteiger partial charge on any atom is 0.205 e. The molecule has 156 valence electrons. The summed E-state index contributed by atoms with van der Waals surface area (Å²) in [5.41, 5.74) is 6.82. The maximum absolute atomic E-state index is 4.90. The van der Waals surface area contributed by atoms with Gasteiger partial charge >= 0.3 is 0 Å². The Balaban J connectivity index is 1.42. The summed E-state index contributed by atoms with van der Waals surface area (Å²) in [6, 6.07) is 16.9. The number of hydrogen-bond donors (Lipinski definition) is 1. The Morgan fingerprint density at radius 1 is 0.968 bits per heavy atom. The van der Waals surface area contributed by atoms with Crippen molar-refractivity contribution in [2.75, 3.05) is 0 Å². The van der Waals surface area contributed by atoms with Crippen LogP contribution in [0.15, 0.2) is 59.3 Å². The summed E-state index contributed by atoms with van der Waals surface area (Å²) in [6.07, 6.45) is 4.68. The van der Waals surface area contributed by atoms with Crippen molar-refractivity contribution in [3.8, 4) is 22.5 Å². The highest BCUT2D eigenvalue weighted by atomic mass is 32.1. The lowest BCUT2D eigenvalue weighted by Gasteiger charge is -2.11. The van der Waals surface area contributed by atoms with Crippen molar-refractivity contribution < 1.29 is 0 Å². The first kappa shape index (κ1) is 19.6. The summed E-state index contributed by atoms with van der Waals surface area (Å²) in [4.78, 5) is 4.90. The van der Waals surface area contributed by atoms with Crippen LogP contribution < -0.4 is 0 Å². The third-order valence-corrected chi connectivity index (χ3v) is 6.32. The number of tetrazole rings is 1. The quantitative estimate of drug-likeness (QED) is 0.321. The summed E-state index contributed by atoms with van der Waals surface area (Å²) in [7, 11) is 0. The SMILES string of the molecule is CCCCCc1nc2cscc2n1Cc1ccc(-c2ccccc2-c2nn[nH]n2)cc1. The van der Waals surface area contributed by atoms with Crippen LogP contribution in [0.2, 0.25) is 0 Å². The minimum absolute atomic E-state index is 0.606. The Hall–Kier alpha value is -3.32. The highest BCUT2D eigenvalue weighted by Crippen LogP contribution is 2.30. The number of hydrogen-bond acceptors (Lipinski definition) is 5. The molecule has 0 saturated heterocycles. The molecular formula is C24H24N6S. The van der Waals surface area contributed by atoms with E-state index in [1.54, 1.807) is 11.3 Å². The van der Waals surface area contributed by atoms with E-state index in [0.29, 0.717) is 5.82 Å². The van der Waals surface area contributed by atoms with Gasteiger partial charge < -0.3 is 4.57 Å². The highest BCUT2D eigenvalue weighted by Gasteiger charge is 2.13. The molecule has 0 bridgehead atoms. The third-order valence-electron chi connectivity index (χ3n) is 5.60. The second-order valence-corrected chi connectivity index (χ2v) is 8.44. The van der Waals surface area contributed by atoms with Crippen molar-refractivity contribution in [3.63, 3.8) is 0 Å². The summed E-state index contributed by atoms with van der Waals surface area (Å²) in [5.74, 6) is 1.80. The molecule has 0 saturated carbocycles. The normalized spacial score (nSPS) is 11.4. The number of H-pyrrole nitrogens is 1. The monoisotopic (exact) mass is 428 g/mol. The predicted molar refractivity (Wildman–Crippen MR) is 125 cm³/mol. The van der Waals surface area contributed by atoms with Crippen LogP contribution in [0.25, 0.3) is 33.5 Å². The molecular weight excluding hydrogens is 404 g/mol. The Morgan fingerprint density at radius 2 is 1.81 bits per heavy atom. The fraction of sp³-hybridized carbons (Fsp3) is 0.250. The van der Waals surface area contributed by atoms with Crippen LogP contribution in [-0.2, 0) is 13.0 Å². The van der Waals surface area contributed by atoms with E-state index in [4.69, 9.17) is 4.98 Å². The first-order valence-corrected chi connectivity index (χ1v) is 11.6. The van der Waals surface area contributed by atoms with Gasteiger partial charge in [0.05, 0.1) is 11.0 Å². The molecule has 0 aliphatic rings. The molecule has 3 aromatic heterocycles. The second-order valence-electron chi connectivity index (χ2n) is 7.69. The summed E-state index contributed by atoms with van der Waals surface area (Å²) in [6.45, 7) is 3.07. The Morgan fingerprint density at radius 3 is 2.58 bits per heavy atom. The lowest BCUT2D eigenvalue weighted by Crippen LogP contribution is -2.05. The largest absolute Gasteiger partial charge is 0.323 e. The molecule has 0 spiro atoms. The lowest BCUT2D eigenvalue weighted by molar-refractivity contribution is 0.659. The van der Waals surface area contributed by atoms with E-state index < -0.39 is 0 Å². The van der Waals surface area contributed by atoms with E-state index in [-0.39, 0.29) is 0 Å². The number of rotatable bonds is 8. The Labute approximate surface area is 185 Å². The zero-order chi connectivity index (χ0) is 21.0. The van der Waals surface area contributed by atoms with Crippen LogP contribution >= 0.6 is 11.3 Å². The molecule has 5 aromatic rings. The molecule has 0 unspecified atom stereocenters. The van der Waals surface area contributed by atoms with Crippen molar-refractivity contribution in [2.45, 2.75) is 39.2 Å². The lowest BCUT2D eigenvalue weighted by atomic mass is 9.98. The molecule has 2 aromatic carbocycles. The van der Waals surface area contributed by atoms with Crippen molar-refractivity contribution in [2.24, 2.45) is 0 Å². The standard InChI is InChI=1S/C24H24N6S/c1-2-3-4-9-23-25-21-15-31-16-22(21)30(23)14-17-10-12-18(13-11-17)19-7-5-6-8-20(19)24-26-28-29-27-24/h5-8,10-13,15-16H,2-4,9,14H2,1H3,(H,26,27,28,29). The van der Waals surface area contributed by atoms with Gasteiger partial charge in [0.2, 0.25) is 5.82 Å². The van der Waals surface area contributed by atoms with E-state index in [1.165, 1.54) is 36.2 Å². The number of imidazole rings is 1. The zero-order valence-corrected chi connectivity index (χ0v) is 18.3. The van der Waals surface area contributed by atoms with E-state index in [2.05, 4.69) is 73.2 Å². The number of aromatic amines is 1. The topological polar surface area (TPSA) is 72.3 Å². The Bertz CT molecular complexity index is 1270. The molecule has 7 heteroatoms. The summed E-state index contributed by atoms with van der Waals surface area (Å²) >= 11 is 1.72. The fourth-order valence-corrected chi connectivity index (χ4v) is 4.73. The van der Waals surface area contributed by atoms with E-state index in [9.17, 15) is 0 Å². The van der Waals surface area contributed by atoms with Crippen molar-refractivity contribution in [1.29, 1.82) is 0 Å². The van der Waals surface area contributed by atoms with Gasteiger partial charge in [0.1, 0.15) is 5.82 Å². The van der Waals surface area contributed by atoms with Gasteiger partial charge in [-0.25, -0.2) is 4.98 Å². The first-order chi connectivity index (χ1) is 15.3. The van der Waals surface area contributed by atoms with Gasteiger partial charge in [-0.1, -0.05) is 68.3 Å². The van der Waals surface area contributed by atoms with E-state index >= 15 is 0 Å². The van der Waals surface area contributed by atoms with Crippen LogP contribution in [0.4, 0.5) is 0 Å². The summed E-state index contributed by atoms with van der Waals surface area (Å²) < 4.78 is 2.38. The van der Waals surface area contributed by atoms with E-state index in [0.717, 1.165) is 35.2 Å². The number of unbranched alkanes of at least 4 members (excludes halogenated alkanes) is 2. The summed E-state index contributed by atoms with van der Waals surface area (Å²) in [5, 5.41) is 18.9. The van der Waals surface area contributed by atoms with Gasteiger partial charge in [-0.3, -0.25) is 0 Å². The Kier molecular flexibility index (Phi) is 5.58. The van der Waals surface area contributed by atoms with E-state index in [1.807, 2.05) is 18.2 Å². The number of fused-ring (bicyclic) bond motifs is 1. The van der Waals surface area contributed by atoms with Gasteiger partial charge in [0, 0.05) is 29.3 Å². The molecule has 0 amide bonds. The molecule has 0 aliphatic carbocycles. The molecule has 0 atom stereocenters. The fourth-order valence-electron chi connectivity index (χ4n) is 3.99. The first-order valence-electron chi connectivity index (χ1n) is 10.7. The van der Waals surface area contributed by atoms with Crippen LogP contribution in [-0.4, -0.2) is 30.2 Å². The van der Waals surface area contributed by atoms with Crippen LogP contribution in [0.3, 0.4) is 0 Å². The number of aromatic nitrogens is 6. The maximum atomic E-state index is 4.90. The van der Waals surface area contributed by atoms with Gasteiger partial charge in [-0.15, -0.1) is 21.5 Å². The van der Waals surface area contributed by atoms with Gasteiger partial charge in [0.15, 0.2) is 0 Å². The van der Waals surface area contributed by atoms with Gasteiger partial charge in [-0.05, 0) is 28.3 Å². The molecule has 0 radical (unpaired) electrons. The minimum atomic E-state index is 0.606. The number of aryl methyl sites for hydroxylation is 1. The molecule has 5 rings (SSSR count). The molecule has 3 heterocycles. The molecule has 0 fully saturated rings. The van der Waals surface area contributed by atoms with Crippen LogP contribution in [0.5, 0.6) is 0 Å². The van der Waals surface area contributed by atoms with Crippen molar-refractivity contribution >= 4 is 22.4 Å². The average Bonchev–Trinajstić information content (AvgIpc) is 3.54. The molecule has 6 nitrogen and oxygen atoms in total. The van der Waals surface area contributed by atoms with Crippen molar-refractivity contribution in [3.05, 3.63) is 70.7 Å². The number of thiophene rings is 1. The predicted octanol–water partition coefficient (Wildman–Crippen LogP) is 5.73.